The molecule has 36 heavy (non-hydrogen) atoms. The Balaban J connectivity index is 1.43. The monoisotopic (exact) mass is 489 g/mol. The van der Waals surface area contributed by atoms with Crippen LogP contribution in [0.4, 0.5) is 10.1 Å². The Morgan fingerprint density at radius 3 is 2.78 bits per heavy atom. The van der Waals surface area contributed by atoms with E-state index in [-0.39, 0.29) is 36.1 Å². The predicted octanol–water partition coefficient (Wildman–Crippen LogP) is 3.70. The Hall–Kier alpha value is -3.39. The van der Waals surface area contributed by atoms with Crippen LogP contribution in [0.2, 0.25) is 0 Å². The maximum Gasteiger partial charge on any atom is 0.241 e. The van der Waals surface area contributed by atoms with E-state index in [1.807, 2.05) is 11.0 Å². The number of carbonyl (C=O) groups is 2. The third-order valence-electron chi connectivity index (χ3n) is 7.62. The second-order valence-electron chi connectivity index (χ2n) is 10.4. The zero-order valence-electron chi connectivity index (χ0n) is 20.8. The van der Waals surface area contributed by atoms with Gasteiger partial charge in [-0.05, 0) is 66.5 Å². The van der Waals surface area contributed by atoms with Gasteiger partial charge in [-0.3, -0.25) is 19.6 Å². The van der Waals surface area contributed by atoms with Crippen LogP contribution in [0.15, 0.2) is 42.9 Å². The number of ketones is 1. The van der Waals surface area contributed by atoms with Gasteiger partial charge in [0.1, 0.15) is 5.82 Å². The standard InChI is InChI=1S/C28H32FN5O2/c1-17-9-18(11-20(30)10-17)22-5-6-31-14-19(22)12-26(35)23-3-4-25(29)24-13-21(15-32-28(23)24)34-8-7-33(2)27(36)16-34/h3-6,13-15,17-18,20H,7-12,16,30H2,1-2H3/t17-,18+,20-/m0/s1. The summed E-state index contributed by atoms with van der Waals surface area (Å²) in [5, 5.41) is 0.281. The van der Waals surface area contributed by atoms with Crippen LogP contribution < -0.4 is 10.6 Å². The molecular weight excluding hydrogens is 457 g/mol. The quantitative estimate of drug-likeness (QED) is 0.550. The first-order valence-electron chi connectivity index (χ1n) is 12.6. The number of fused-ring (bicyclic) bond motifs is 1. The minimum Gasteiger partial charge on any atom is -0.359 e. The van der Waals surface area contributed by atoms with Crippen LogP contribution >= 0.6 is 0 Å². The largest absolute Gasteiger partial charge is 0.359 e. The van der Waals surface area contributed by atoms with Crippen molar-refractivity contribution in [3.63, 3.8) is 0 Å². The van der Waals surface area contributed by atoms with Gasteiger partial charge in [0.25, 0.3) is 0 Å². The van der Waals surface area contributed by atoms with Crippen molar-refractivity contribution in [1.29, 1.82) is 0 Å². The number of hydrogen-bond acceptors (Lipinski definition) is 6. The van der Waals surface area contributed by atoms with Crippen molar-refractivity contribution < 1.29 is 14.0 Å². The molecule has 8 heteroatoms. The molecule has 3 aromatic rings. The summed E-state index contributed by atoms with van der Waals surface area (Å²) < 4.78 is 14.9. The van der Waals surface area contributed by atoms with Gasteiger partial charge < -0.3 is 15.5 Å². The van der Waals surface area contributed by atoms with Gasteiger partial charge in [0, 0.05) is 55.9 Å². The average molecular weight is 490 g/mol. The SMILES string of the molecule is C[C@@H]1C[C@H](N)C[C@H](c2ccncc2CC(=O)c2ccc(F)c3cc(N4CCN(C)C(=O)C4)cnc23)C1. The number of hydrogen-bond donors (Lipinski definition) is 1. The number of halogens is 1. The van der Waals surface area contributed by atoms with Gasteiger partial charge in [0.15, 0.2) is 5.78 Å². The number of pyridine rings is 2. The van der Waals surface area contributed by atoms with Crippen molar-refractivity contribution in [1.82, 2.24) is 14.9 Å². The van der Waals surface area contributed by atoms with Gasteiger partial charge in [-0.2, -0.15) is 0 Å². The second kappa shape index (κ2) is 9.93. The summed E-state index contributed by atoms with van der Waals surface area (Å²) in [6.45, 7) is 3.68. The molecule has 1 amide bonds. The van der Waals surface area contributed by atoms with E-state index in [9.17, 15) is 14.0 Å². The van der Waals surface area contributed by atoms with Crippen molar-refractivity contribution in [2.45, 2.75) is 44.6 Å². The summed E-state index contributed by atoms with van der Waals surface area (Å²) in [6, 6.07) is 6.68. The molecule has 0 spiro atoms. The zero-order chi connectivity index (χ0) is 25.4. The number of anilines is 1. The van der Waals surface area contributed by atoms with Crippen molar-refractivity contribution >= 4 is 28.3 Å². The molecular formula is C28H32FN5O2. The molecule has 0 radical (unpaired) electrons. The molecule has 1 aliphatic heterocycles. The van der Waals surface area contributed by atoms with E-state index in [2.05, 4.69) is 16.9 Å². The maximum atomic E-state index is 14.9. The zero-order valence-corrected chi connectivity index (χ0v) is 20.8. The number of likely N-dealkylation sites (N-methyl/N-ethyl adjacent to an activating group) is 1. The Morgan fingerprint density at radius 2 is 2.00 bits per heavy atom. The summed E-state index contributed by atoms with van der Waals surface area (Å²) in [4.78, 5) is 38.0. The number of nitrogens with two attached hydrogens (primary N) is 1. The molecule has 0 bridgehead atoms. The van der Waals surface area contributed by atoms with Gasteiger partial charge in [0.05, 0.1) is 23.9 Å². The molecule has 2 N–H and O–H groups in total. The molecule has 0 unspecified atom stereocenters. The summed E-state index contributed by atoms with van der Waals surface area (Å²) >= 11 is 0. The van der Waals surface area contributed by atoms with Gasteiger partial charge in [-0.1, -0.05) is 6.92 Å². The smallest absolute Gasteiger partial charge is 0.241 e. The lowest BCUT2D eigenvalue weighted by molar-refractivity contribution is -0.129. The predicted molar refractivity (Wildman–Crippen MR) is 138 cm³/mol. The minimum absolute atomic E-state index is 0.00587. The fourth-order valence-corrected chi connectivity index (χ4v) is 5.72. The number of aromatic nitrogens is 2. The lowest BCUT2D eigenvalue weighted by Gasteiger charge is -2.33. The van der Waals surface area contributed by atoms with Crippen molar-refractivity contribution in [3.05, 3.63) is 65.4 Å². The Bertz CT molecular complexity index is 1300. The number of nitrogens with zero attached hydrogens (tertiary/aromatic N) is 4. The molecule has 3 atom stereocenters. The fraction of sp³-hybridized carbons (Fsp3) is 0.429. The van der Waals surface area contributed by atoms with Crippen LogP contribution in [0.25, 0.3) is 10.9 Å². The van der Waals surface area contributed by atoms with Crippen LogP contribution in [-0.2, 0) is 11.2 Å². The molecule has 1 aromatic carbocycles. The van der Waals surface area contributed by atoms with Gasteiger partial charge >= 0.3 is 0 Å². The van der Waals surface area contributed by atoms with Crippen LogP contribution in [0, 0.1) is 11.7 Å². The molecule has 1 saturated carbocycles. The van der Waals surface area contributed by atoms with E-state index in [4.69, 9.17) is 5.73 Å². The van der Waals surface area contributed by atoms with E-state index in [1.54, 1.807) is 36.6 Å². The normalized spacial score (nSPS) is 22.8. The third kappa shape index (κ3) is 4.82. The number of Topliss-reactive ketones (excluding diaryl/α,β-unsaturated/α-hetero) is 1. The number of rotatable bonds is 5. The lowest BCUT2D eigenvalue weighted by Crippen LogP contribution is -2.48. The van der Waals surface area contributed by atoms with E-state index >= 15 is 0 Å². The molecule has 2 aromatic heterocycles. The molecule has 3 heterocycles. The topological polar surface area (TPSA) is 92.4 Å². The Kier molecular flexibility index (Phi) is 6.71. The van der Waals surface area contributed by atoms with Crippen LogP contribution in [-0.4, -0.2) is 59.3 Å². The summed E-state index contributed by atoms with van der Waals surface area (Å²) in [5.41, 5.74) is 9.71. The molecule has 2 fully saturated rings. The molecule has 5 rings (SSSR count). The average Bonchev–Trinajstić information content (AvgIpc) is 2.85. The summed E-state index contributed by atoms with van der Waals surface area (Å²) in [6.07, 6.45) is 8.28. The van der Waals surface area contributed by atoms with Crippen molar-refractivity contribution in [2.75, 3.05) is 31.6 Å². The van der Waals surface area contributed by atoms with Crippen LogP contribution in [0.1, 0.15) is 53.6 Å². The van der Waals surface area contributed by atoms with E-state index in [0.29, 0.717) is 41.7 Å². The first-order chi connectivity index (χ1) is 17.3. The first kappa shape index (κ1) is 24.3. The second-order valence-corrected chi connectivity index (χ2v) is 10.4. The van der Waals surface area contributed by atoms with Crippen LogP contribution in [0.5, 0.6) is 0 Å². The molecule has 188 valence electrons. The minimum atomic E-state index is -0.441. The number of carbonyl (C=O) groups excluding carboxylic acids is 2. The maximum absolute atomic E-state index is 14.9. The van der Waals surface area contributed by atoms with E-state index in [1.165, 1.54) is 12.1 Å². The molecule has 1 saturated heterocycles. The fourth-order valence-electron chi connectivity index (χ4n) is 5.72. The molecule has 2 aliphatic rings. The van der Waals surface area contributed by atoms with Gasteiger partial charge in [0.2, 0.25) is 5.91 Å². The summed E-state index contributed by atoms with van der Waals surface area (Å²) in [5.74, 6) is 0.268. The van der Waals surface area contributed by atoms with E-state index < -0.39 is 5.82 Å². The molecule has 1 aliphatic carbocycles. The van der Waals surface area contributed by atoms with Gasteiger partial charge in [-0.15, -0.1) is 0 Å². The first-order valence-corrected chi connectivity index (χ1v) is 12.6. The Labute approximate surface area is 210 Å². The highest BCUT2D eigenvalue weighted by Gasteiger charge is 2.28. The Morgan fingerprint density at radius 1 is 1.17 bits per heavy atom. The summed E-state index contributed by atoms with van der Waals surface area (Å²) in [7, 11) is 1.77. The number of piperazine rings is 1. The molecule has 7 nitrogen and oxygen atoms in total. The highest BCUT2D eigenvalue weighted by molar-refractivity contribution is 6.08. The van der Waals surface area contributed by atoms with Crippen molar-refractivity contribution in [2.24, 2.45) is 11.7 Å². The third-order valence-corrected chi connectivity index (χ3v) is 7.62. The highest BCUT2D eigenvalue weighted by Crippen LogP contribution is 2.37. The number of benzene rings is 1. The van der Waals surface area contributed by atoms with Crippen molar-refractivity contribution in [3.8, 4) is 0 Å². The van der Waals surface area contributed by atoms with E-state index in [0.717, 1.165) is 30.4 Å². The lowest BCUT2D eigenvalue weighted by atomic mass is 9.75. The van der Waals surface area contributed by atoms with Crippen LogP contribution in [0.3, 0.4) is 0 Å². The highest BCUT2D eigenvalue weighted by atomic mass is 19.1. The number of amides is 1. The van der Waals surface area contributed by atoms with Gasteiger partial charge in [-0.25, -0.2) is 4.39 Å².